The zero-order valence-corrected chi connectivity index (χ0v) is 17.5. The van der Waals surface area contributed by atoms with Gasteiger partial charge >= 0.3 is 0 Å². The maximum absolute atomic E-state index is 12.8. The van der Waals surface area contributed by atoms with Crippen molar-refractivity contribution in [3.63, 3.8) is 0 Å². The summed E-state index contributed by atoms with van der Waals surface area (Å²) in [6.45, 7) is 5.89. The summed E-state index contributed by atoms with van der Waals surface area (Å²) in [5, 5.41) is 5.86. The van der Waals surface area contributed by atoms with Gasteiger partial charge in [0.2, 0.25) is 0 Å². The first-order chi connectivity index (χ1) is 14.0. The van der Waals surface area contributed by atoms with Crippen molar-refractivity contribution in [1.29, 1.82) is 0 Å². The van der Waals surface area contributed by atoms with Gasteiger partial charge in [-0.2, -0.15) is 0 Å². The number of nitrogens with one attached hydrogen (secondary N) is 2. The van der Waals surface area contributed by atoms with Gasteiger partial charge in [0.15, 0.2) is 5.82 Å². The summed E-state index contributed by atoms with van der Waals surface area (Å²) in [7, 11) is 1.64. The van der Waals surface area contributed by atoms with Gasteiger partial charge in [-0.25, -0.2) is 4.98 Å². The molecular weight excluding hydrogens is 368 g/mol. The van der Waals surface area contributed by atoms with E-state index in [-0.39, 0.29) is 11.8 Å². The largest absolute Gasteiger partial charge is 0.497 e. The Kier molecular flexibility index (Phi) is 6.90. The molecule has 1 aliphatic heterocycles. The molecule has 1 aromatic heterocycles. The Morgan fingerprint density at radius 2 is 2.03 bits per heavy atom. The van der Waals surface area contributed by atoms with Crippen LogP contribution in [0.2, 0.25) is 0 Å². The second-order valence-corrected chi connectivity index (χ2v) is 7.80. The minimum Gasteiger partial charge on any atom is -0.497 e. The standard InChI is InChI=1S/C22H30N4O3/c1-15(2)14-24-22(28)20-25-19(18-9-4-5-12-26(18)20)21(27)23-11-10-16-7-6-8-17(13-16)29-3/h6-8,13,15H,4-5,9-12,14H2,1-3H3,(H,23,27)(H,24,28). The molecule has 2 aromatic rings. The van der Waals surface area contributed by atoms with Crippen LogP contribution in [0, 0.1) is 5.92 Å². The number of nitrogens with zero attached hydrogens (tertiary/aromatic N) is 2. The molecule has 2 amide bonds. The van der Waals surface area contributed by atoms with Gasteiger partial charge in [-0.1, -0.05) is 26.0 Å². The van der Waals surface area contributed by atoms with Crippen molar-refractivity contribution in [2.75, 3.05) is 20.2 Å². The number of imidazole rings is 1. The van der Waals surface area contributed by atoms with E-state index in [0.717, 1.165) is 42.8 Å². The highest BCUT2D eigenvalue weighted by Gasteiger charge is 2.27. The lowest BCUT2D eigenvalue weighted by molar-refractivity contribution is 0.0933. The number of methoxy groups -OCH3 is 1. The number of ether oxygens (including phenoxy) is 1. The van der Waals surface area contributed by atoms with Gasteiger partial charge < -0.3 is 19.9 Å². The van der Waals surface area contributed by atoms with Crippen LogP contribution >= 0.6 is 0 Å². The molecule has 0 saturated heterocycles. The molecule has 0 spiro atoms. The molecule has 0 bridgehead atoms. The molecule has 3 rings (SSSR count). The molecule has 0 radical (unpaired) electrons. The Morgan fingerprint density at radius 1 is 1.21 bits per heavy atom. The van der Waals surface area contributed by atoms with Crippen molar-refractivity contribution in [3.05, 3.63) is 47.0 Å². The van der Waals surface area contributed by atoms with Crippen LogP contribution in [0.3, 0.4) is 0 Å². The lowest BCUT2D eigenvalue weighted by Crippen LogP contribution is -2.30. The van der Waals surface area contributed by atoms with Crippen LogP contribution in [0.4, 0.5) is 0 Å². The van der Waals surface area contributed by atoms with E-state index in [4.69, 9.17) is 4.74 Å². The quantitative estimate of drug-likeness (QED) is 0.716. The van der Waals surface area contributed by atoms with Crippen molar-refractivity contribution in [2.45, 2.75) is 46.1 Å². The first kappa shape index (κ1) is 20.9. The van der Waals surface area contributed by atoms with E-state index in [1.807, 2.05) is 42.7 Å². The zero-order chi connectivity index (χ0) is 20.8. The van der Waals surface area contributed by atoms with Crippen LogP contribution in [-0.4, -0.2) is 41.6 Å². The van der Waals surface area contributed by atoms with Crippen LogP contribution in [0.15, 0.2) is 24.3 Å². The van der Waals surface area contributed by atoms with E-state index in [0.29, 0.717) is 36.9 Å². The molecule has 7 nitrogen and oxygen atoms in total. The van der Waals surface area contributed by atoms with E-state index in [2.05, 4.69) is 15.6 Å². The van der Waals surface area contributed by atoms with Gasteiger partial charge in [0.05, 0.1) is 12.8 Å². The number of rotatable bonds is 8. The highest BCUT2D eigenvalue weighted by molar-refractivity contribution is 5.97. The normalized spacial score (nSPS) is 13.1. The number of benzene rings is 1. The summed E-state index contributed by atoms with van der Waals surface area (Å²) in [6, 6.07) is 7.79. The molecule has 1 aromatic carbocycles. The van der Waals surface area contributed by atoms with E-state index < -0.39 is 0 Å². The molecular formula is C22H30N4O3. The Balaban J connectivity index is 1.68. The van der Waals surface area contributed by atoms with Crippen molar-refractivity contribution < 1.29 is 14.3 Å². The predicted molar refractivity (Wildman–Crippen MR) is 111 cm³/mol. The van der Waals surface area contributed by atoms with Crippen molar-refractivity contribution in [2.24, 2.45) is 5.92 Å². The van der Waals surface area contributed by atoms with E-state index in [9.17, 15) is 9.59 Å². The summed E-state index contributed by atoms with van der Waals surface area (Å²) in [4.78, 5) is 29.8. The minimum absolute atomic E-state index is 0.211. The van der Waals surface area contributed by atoms with Gasteiger partial charge in [0.25, 0.3) is 11.8 Å². The number of aromatic nitrogens is 2. The van der Waals surface area contributed by atoms with Crippen LogP contribution in [0.5, 0.6) is 5.75 Å². The fraction of sp³-hybridized carbons (Fsp3) is 0.500. The van der Waals surface area contributed by atoms with Crippen LogP contribution in [-0.2, 0) is 19.4 Å². The smallest absolute Gasteiger partial charge is 0.287 e. The molecule has 1 aliphatic rings. The number of hydrogen-bond donors (Lipinski definition) is 2. The average Bonchev–Trinajstić information content (AvgIpc) is 3.12. The van der Waals surface area contributed by atoms with Crippen molar-refractivity contribution >= 4 is 11.8 Å². The third-order valence-electron chi connectivity index (χ3n) is 5.04. The summed E-state index contributed by atoms with van der Waals surface area (Å²) >= 11 is 0. The third-order valence-corrected chi connectivity index (χ3v) is 5.04. The Hall–Kier alpha value is -2.83. The molecule has 0 atom stereocenters. The minimum atomic E-state index is -0.221. The van der Waals surface area contributed by atoms with Gasteiger partial charge in [0, 0.05) is 19.6 Å². The Morgan fingerprint density at radius 3 is 2.79 bits per heavy atom. The first-order valence-electron chi connectivity index (χ1n) is 10.3. The molecule has 0 aliphatic carbocycles. The zero-order valence-electron chi connectivity index (χ0n) is 17.5. The maximum atomic E-state index is 12.8. The van der Waals surface area contributed by atoms with E-state index >= 15 is 0 Å². The molecule has 29 heavy (non-hydrogen) atoms. The highest BCUT2D eigenvalue weighted by atomic mass is 16.5. The average molecular weight is 399 g/mol. The second kappa shape index (κ2) is 9.58. The Bertz CT molecular complexity index is 873. The number of carbonyl (C=O) groups is 2. The fourth-order valence-electron chi connectivity index (χ4n) is 3.51. The van der Waals surface area contributed by atoms with Gasteiger partial charge in [-0.3, -0.25) is 9.59 Å². The van der Waals surface area contributed by atoms with Gasteiger partial charge in [0.1, 0.15) is 11.4 Å². The molecule has 2 heterocycles. The Labute approximate surface area is 171 Å². The highest BCUT2D eigenvalue weighted by Crippen LogP contribution is 2.21. The van der Waals surface area contributed by atoms with Crippen LogP contribution < -0.4 is 15.4 Å². The second-order valence-electron chi connectivity index (χ2n) is 7.80. The number of amides is 2. The van der Waals surface area contributed by atoms with Gasteiger partial charge in [-0.05, 0) is 49.3 Å². The van der Waals surface area contributed by atoms with E-state index in [1.165, 1.54) is 0 Å². The third kappa shape index (κ3) is 5.16. The molecule has 0 saturated carbocycles. The predicted octanol–water partition coefficient (Wildman–Crippen LogP) is 2.59. The topological polar surface area (TPSA) is 85.2 Å². The lowest BCUT2D eigenvalue weighted by atomic mass is 10.1. The lowest BCUT2D eigenvalue weighted by Gasteiger charge is -2.17. The van der Waals surface area contributed by atoms with E-state index in [1.54, 1.807) is 7.11 Å². The molecule has 7 heteroatoms. The van der Waals surface area contributed by atoms with Crippen molar-refractivity contribution in [1.82, 2.24) is 20.2 Å². The van der Waals surface area contributed by atoms with Crippen LogP contribution in [0.1, 0.15) is 59.1 Å². The summed E-state index contributed by atoms with van der Waals surface area (Å²) in [5.41, 5.74) is 2.33. The molecule has 0 unspecified atom stereocenters. The number of fused-ring (bicyclic) bond motifs is 1. The molecule has 156 valence electrons. The number of hydrogen-bond acceptors (Lipinski definition) is 4. The van der Waals surface area contributed by atoms with Crippen LogP contribution in [0.25, 0.3) is 0 Å². The maximum Gasteiger partial charge on any atom is 0.287 e. The summed E-state index contributed by atoms with van der Waals surface area (Å²) in [5.74, 6) is 1.07. The fourth-order valence-corrected chi connectivity index (χ4v) is 3.51. The SMILES string of the molecule is COc1cccc(CCNC(=O)c2nc(C(=O)NCC(C)C)n3c2CCCC3)c1. The monoisotopic (exact) mass is 398 g/mol. The van der Waals surface area contributed by atoms with Crippen molar-refractivity contribution in [3.8, 4) is 5.75 Å². The van der Waals surface area contributed by atoms with Gasteiger partial charge in [-0.15, -0.1) is 0 Å². The first-order valence-corrected chi connectivity index (χ1v) is 10.3. The molecule has 0 fully saturated rings. The summed E-state index contributed by atoms with van der Waals surface area (Å²) in [6.07, 6.45) is 3.46. The summed E-state index contributed by atoms with van der Waals surface area (Å²) < 4.78 is 7.15. The molecule has 2 N–H and O–H groups in total. The number of carbonyl (C=O) groups excluding carboxylic acids is 2.